The summed E-state index contributed by atoms with van der Waals surface area (Å²) in [6, 6.07) is 19.6. The first-order valence-corrected chi connectivity index (χ1v) is 11.6. The van der Waals surface area contributed by atoms with E-state index in [2.05, 4.69) is 4.98 Å². The molecule has 1 aliphatic heterocycles. The van der Waals surface area contributed by atoms with Crippen LogP contribution in [0.1, 0.15) is 28.3 Å². The van der Waals surface area contributed by atoms with Crippen LogP contribution in [0.3, 0.4) is 0 Å². The number of rotatable bonds is 4. The zero-order valence-corrected chi connectivity index (χ0v) is 19.7. The van der Waals surface area contributed by atoms with Gasteiger partial charge in [0.25, 0.3) is 5.78 Å². The van der Waals surface area contributed by atoms with Gasteiger partial charge >= 0.3 is 5.91 Å². The molecule has 6 nitrogen and oxygen atoms in total. The average molecular weight is 471 g/mol. The normalized spacial score (nSPS) is 17.5. The number of fused-ring (bicyclic) bond motifs is 1. The largest absolute Gasteiger partial charge is 0.507 e. The molecule has 0 saturated carbocycles. The van der Waals surface area contributed by atoms with E-state index in [1.54, 1.807) is 13.2 Å². The number of aliphatic hydroxyl groups is 1. The zero-order chi connectivity index (χ0) is 24.0. The van der Waals surface area contributed by atoms with Crippen LogP contribution in [0.15, 0.2) is 72.3 Å². The van der Waals surface area contributed by atoms with Crippen molar-refractivity contribution >= 4 is 44.1 Å². The first kappa shape index (κ1) is 21.9. The summed E-state index contributed by atoms with van der Waals surface area (Å²) in [6.07, 6.45) is 0. The van der Waals surface area contributed by atoms with Gasteiger partial charge in [-0.3, -0.25) is 14.5 Å². The van der Waals surface area contributed by atoms with Crippen molar-refractivity contribution in [2.24, 2.45) is 0 Å². The molecular formula is C27H22N2O4S. The number of anilines is 1. The fourth-order valence-corrected chi connectivity index (χ4v) is 5.26. The maximum absolute atomic E-state index is 13.4. The summed E-state index contributed by atoms with van der Waals surface area (Å²) in [7, 11) is 1.59. The molecule has 0 bridgehead atoms. The number of nitrogens with zero attached hydrogens (tertiary/aromatic N) is 2. The van der Waals surface area contributed by atoms with Gasteiger partial charge in [0, 0.05) is 5.56 Å². The van der Waals surface area contributed by atoms with Gasteiger partial charge in [0.1, 0.15) is 11.5 Å². The predicted octanol–water partition coefficient (Wildman–Crippen LogP) is 5.55. The maximum atomic E-state index is 13.4. The molecule has 1 aromatic heterocycles. The standard InChI is InChI=1S/C27H22N2O4S/c1-15-9-10-16(2)19(13-15)24(30)22-23(17-7-5-4-6-8-17)29(26(32)25(22)31)27-28-20-12-11-18(33-3)14-21(20)34-27/h4-14,23,30H,1-3H3/b24-22+. The molecule has 1 aliphatic rings. The Morgan fingerprint density at radius 3 is 2.53 bits per heavy atom. The molecule has 4 aromatic rings. The number of aromatic nitrogens is 1. The summed E-state index contributed by atoms with van der Waals surface area (Å²) in [5.41, 5.74) is 3.76. The van der Waals surface area contributed by atoms with Crippen molar-refractivity contribution in [1.82, 2.24) is 4.98 Å². The molecule has 0 spiro atoms. The average Bonchev–Trinajstić information content (AvgIpc) is 3.38. The summed E-state index contributed by atoms with van der Waals surface area (Å²) in [4.78, 5) is 32.7. The number of aryl methyl sites for hydroxylation is 2. The van der Waals surface area contributed by atoms with Crippen LogP contribution in [0.5, 0.6) is 5.75 Å². The number of thiazole rings is 1. The fraction of sp³-hybridized carbons (Fsp3) is 0.148. The van der Waals surface area contributed by atoms with Gasteiger partial charge in [-0.15, -0.1) is 0 Å². The lowest BCUT2D eigenvalue weighted by Crippen LogP contribution is -2.29. The van der Waals surface area contributed by atoms with Crippen LogP contribution in [0.25, 0.3) is 16.0 Å². The quantitative estimate of drug-likeness (QED) is 0.240. The summed E-state index contributed by atoms with van der Waals surface area (Å²) in [5.74, 6) is -0.950. The molecule has 1 unspecified atom stereocenters. The number of hydrogen-bond acceptors (Lipinski definition) is 6. The van der Waals surface area contributed by atoms with E-state index in [1.807, 2.05) is 74.5 Å². The van der Waals surface area contributed by atoms with Crippen LogP contribution in [0.4, 0.5) is 5.13 Å². The molecule has 1 fully saturated rings. The highest BCUT2D eigenvalue weighted by atomic mass is 32.1. The van der Waals surface area contributed by atoms with Crippen molar-refractivity contribution in [3.63, 3.8) is 0 Å². The van der Waals surface area contributed by atoms with Crippen molar-refractivity contribution < 1.29 is 19.4 Å². The van der Waals surface area contributed by atoms with Crippen molar-refractivity contribution in [2.75, 3.05) is 12.0 Å². The number of ether oxygens (including phenoxy) is 1. The highest BCUT2D eigenvalue weighted by Gasteiger charge is 2.48. The molecule has 2 heterocycles. The van der Waals surface area contributed by atoms with E-state index < -0.39 is 17.7 Å². The highest BCUT2D eigenvalue weighted by Crippen LogP contribution is 2.44. The van der Waals surface area contributed by atoms with Crippen LogP contribution in [0, 0.1) is 13.8 Å². The highest BCUT2D eigenvalue weighted by molar-refractivity contribution is 7.22. The third-order valence-corrected chi connectivity index (χ3v) is 7.02. The lowest BCUT2D eigenvalue weighted by molar-refractivity contribution is -0.132. The molecule has 7 heteroatoms. The number of benzene rings is 3. The van der Waals surface area contributed by atoms with Gasteiger partial charge in [0.2, 0.25) is 0 Å². The van der Waals surface area contributed by atoms with Crippen LogP contribution < -0.4 is 9.64 Å². The Bertz CT molecular complexity index is 1470. The second kappa shape index (κ2) is 8.43. The maximum Gasteiger partial charge on any atom is 0.301 e. The zero-order valence-electron chi connectivity index (χ0n) is 18.9. The Kier molecular flexibility index (Phi) is 5.42. The number of amides is 1. The van der Waals surface area contributed by atoms with E-state index >= 15 is 0 Å². The van der Waals surface area contributed by atoms with E-state index in [-0.39, 0.29) is 11.3 Å². The molecule has 3 aromatic carbocycles. The number of ketones is 1. The number of carbonyl (C=O) groups is 2. The summed E-state index contributed by atoms with van der Waals surface area (Å²) in [5, 5.41) is 11.8. The predicted molar refractivity (Wildman–Crippen MR) is 133 cm³/mol. The van der Waals surface area contributed by atoms with Gasteiger partial charge in [-0.25, -0.2) is 4.98 Å². The Hall–Kier alpha value is -3.97. The molecule has 34 heavy (non-hydrogen) atoms. The van der Waals surface area contributed by atoms with Gasteiger partial charge in [-0.1, -0.05) is 59.4 Å². The van der Waals surface area contributed by atoms with Gasteiger partial charge in [0.15, 0.2) is 5.13 Å². The van der Waals surface area contributed by atoms with Crippen molar-refractivity contribution in [3.05, 3.63) is 94.6 Å². The molecule has 1 amide bonds. The van der Waals surface area contributed by atoms with Crippen molar-refractivity contribution in [2.45, 2.75) is 19.9 Å². The molecule has 5 rings (SSSR count). The minimum atomic E-state index is -0.802. The lowest BCUT2D eigenvalue weighted by Gasteiger charge is -2.23. The second-order valence-electron chi connectivity index (χ2n) is 8.23. The summed E-state index contributed by atoms with van der Waals surface area (Å²) in [6.45, 7) is 3.78. The van der Waals surface area contributed by atoms with Crippen molar-refractivity contribution in [3.8, 4) is 5.75 Å². The van der Waals surface area contributed by atoms with Gasteiger partial charge in [-0.05, 0) is 49.2 Å². The molecule has 0 radical (unpaired) electrons. The van der Waals surface area contributed by atoms with Crippen LogP contribution in [-0.2, 0) is 9.59 Å². The lowest BCUT2D eigenvalue weighted by atomic mass is 9.93. The third-order valence-electron chi connectivity index (χ3n) is 6.00. The van der Waals surface area contributed by atoms with E-state index in [1.165, 1.54) is 16.2 Å². The number of methoxy groups -OCH3 is 1. The van der Waals surface area contributed by atoms with E-state index in [4.69, 9.17) is 4.74 Å². The third kappa shape index (κ3) is 3.54. The Morgan fingerprint density at radius 2 is 1.79 bits per heavy atom. The van der Waals surface area contributed by atoms with E-state index in [9.17, 15) is 14.7 Å². The monoisotopic (exact) mass is 470 g/mol. The number of aliphatic hydroxyl groups excluding tert-OH is 1. The van der Waals surface area contributed by atoms with Crippen LogP contribution in [-0.4, -0.2) is 28.9 Å². The van der Waals surface area contributed by atoms with Gasteiger partial charge in [-0.2, -0.15) is 0 Å². The SMILES string of the molecule is COc1ccc2nc(N3C(=O)C(=O)/C(=C(/O)c4cc(C)ccc4C)C3c3ccccc3)sc2c1. The molecule has 0 aliphatic carbocycles. The van der Waals surface area contributed by atoms with E-state index in [0.29, 0.717) is 27.5 Å². The van der Waals surface area contributed by atoms with Crippen LogP contribution >= 0.6 is 11.3 Å². The topological polar surface area (TPSA) is 79.7 Å². The minimum Gasteiger partial charge on any atom is -0.507 e. The molecule has 1 N–H and O–H groups in total. The molecule has 1 atom stereocenters. The van der Waals surface area contributed by atoms with Crippen LogP contribution in [0.2, 0.25) is 0 Å². The fourth-order valence-electron chi connectivity index (χ4n) is 4.24. The molecule has 1 saturated heterocycles. The number of carbonyl (C=O) groups excluding carboxylic acids is 2. The number of Topliss-reactive ketones (excluding diaryl/α,β-unsaturated/α-hetero) is 1. The van der Waals surface area contributed by atoms with Gasteiger partial charge in [0.05, 0.1) is 28.9 Å². The van der Waals surface area contributed by atoms with E-state index in [0.717, 1.165) is 15.8 Å². The first-order valence-electron chi connectivity index (χ1n) is 10.8. The smallest absolute Gasteiger partial charge is 0.301 e. The summed E-state index contributed by atoms with van der Waals surface area (Å²) < 4.78 is 6.14. The first-order chi connectivity index (χ1) is 16.4. The van der Waals surface area contributed by atoms with Crippen molar-refractivity contribution in [1.29, 1.82) is 0 Å². The molecule has 170 valence electrons. The minimum absolute atomic E-state index is 0.0572. The second-order valence-corrected chi connectivity index (χ2v) is 9.24. The Morgan fingerprint density at radius 1 is 1.03 bits per heavy atom. The Labute approximate surface area is 200 Å². The molecular weight excluding hydrogens is 448 g/mol. The van der Waals surface area contributed by atoms with Gasteiger partial charge < -0.3 is 9.84 Å². The number of hydrogen-bond donors (Lipinski definition) is 1. The Balaban J connectivity index is 1.73. The summed E-state index contributed by atoms with van der Waals surface area (Å²) >= 11 is 1.30.